The summed E-state index contributed by atoms with van der Waals surface area (Å²) in [6.07, 6.45) is 3.09. The molecule has 0 saturated carbocycles. The number of anilines is 1. The minimum absolute atomic E-state index is 0.0424. The maximum Gasteiger partial charge on any atom is 0.301 e. The molecule has 0 aliphatic carbocycles. The number of benzene rings is 1. The van der Waals surface area contributed by atoms with Crippen LogP contribution >= 0.6 is 11.6 Å². The average Bonchev–Trinajstić information content (AvgIpc) is 3.24. The van der Waals surface area contributed by atoms with Gasteiger partial charge >= 0.3 is 5.91 Å². The number of ketones is 1. The van der Waals surface area contributed by atoms with Crippen LogP contribution in [-0.4, -0.2) is 26.9 Å². The molecule has 1 aliphatic rings. The predicted molar refractivity (Wildman–Crippen MR) is 102 cm³/mol. The summed E-state index contributed by atoms with van der Waals surface area (Å²) >= 11 is 5.91. The van der Waals surface area contributed by atoms with E-state index >= 15 is 0 Å². The zero-order valence-corrected chi connectivity index (χ0v) is 15.4. The third-order valence-corrected chi connectivity index (χ3v) is 4.70. The van der Waals surface area contributed by atoms with Gasteiger partial charge in [-0.15, -0.1) is 0 Å². The van der Waals surface area contributed by atoms with E-state index in [4.69, 9.17) is 16.1 Å². The molecule has 4 rings (SSSR count). The van der Waals surface area contributed by atoms with E-state index in [1.165, 1.54) is 4.90 Å². The smallest absolute Gasteiger partial charge is 0.301 e. The summed E-state index contributed by atoms with van der Waals surface area (Å²) in [6, 6.07) is 10.4. The molecule has 0 unspecified atom stereocenters. The Kier molecular flexibility index (Phi) is 4.44. The average molecular weight is 396 g/mol. The van der Waals surface area contributed by atoms with Crippen molar-refractivity contribution >= 4 is 34.9 Å². The number of Topliss-reactive ketones (excluding diaryl/α,β-unsaturated/α-hetero) is 1. The van der Waals surface area contributed by atoms with Crippen LogP contribution < -0.4 is 4.90 Å². The first kappa shape index (κ1) is 17.9. The molecule has 1 aromatic carbocycles. The van der Waals surface area contributed by atoms with Crippen LogP contribution in [0, 0.1) is 6.92 Å². The summed E-state index contributed by atoms with van der Waals surface area (Å²) < 4.78 is 5.08. The highest BCUT2D eigenvalue weighted by molar-refractivity contribution is 6.51. The normalized spacial score (nSPS) is 18.6. The maximum absolute atomic E-state index is 12.9. The predicted octanol–water partition coefficient (Wildman–Crippen LogP) is 3.66. The monoisotopic (exact) mass is 395 g/mol. The molecule has 28 heavy (non-hydrogen) atoms. The number of rotatable bonds is 3. The van der Waals surface area contributed by atoms with E-state index in [1.807, 2.05) is 0 Å². The van der Waals surface area contributed by atoms with Crippen LogP contribution in [-0.2, 0) is 9.59 Å². The first-order chi connectivity index (χ1) is 13.5. The molecular formula is C20H14ClN3O4. The van der Waals surface area contributed by atoms with Gasteiger partial charge in [-0.3, -0.25) is 19.5 Å². The SMILES string of the molecule is Cc1cc(N2C(=O)C(=O)/C(=C(/O)c3ccc(Cl)cc3)[C@@H]2c2ccncc2)no1. The molecule has 1 fully saturated rings. The lowest BCUT2D eigenvalue weighted by Crippen LogP contribution is -2.29. The first-order valence-corrected chi connectivity index (χ1v) is 8.75. The number of carbonyl (C=O) groups is 2. The van der Waals surface area contributed by atoms with Gasteiger partial charge in [0.05, 0.1) is 11.6 Å². The van der Waals surface area contributed by atoms with E-state index < -0.39 is 17.7 Å². The molecule has 3 heterocycles. The van der Waals surface area contributed by atoms with E-state index in [-0.39, 0.29) is 17.2 Å². The molecule has 0 spiro atoms. The number of aliphatic hydroxyl groups is 1. The zero-order chi connectivity index (χ0) is 19.8. The lowest BCUT2D eigenvalue weighted by molar-refractivity contribution is -0.132. The highest BCUT2D eigenvalue weighted by Crippen LogP contribution is 2.41. The summed E-state index contributed by atoms with van der Waals surface area (Å²) in [5.74, 6) is -1.22. The van der Waals surface area contributed by atoms with Crippen LogP contribution in [0.15, 0.2) is 65.0 Å². The molecule has 7 nitrogen and oxygen atoms in total. The minimum Gasteiger partial charge on any atom is -0.507 e. The second-order valence-corrected chi connectivity index (χ2v) is 6.69. The molecule has 1 aliphatic heterocycles. The highest BCUT2D eigenvalue weighted by atomic mass is 35.5. The van der Waals surface area contributed by atoms with Crippen molar-refractivity contribution in [2.75, 3.05) is 4.90 Å². The fourth-order valence-corrected chi connectivity index (χ4v) is 3.29. The third-order valence-electron chi connectivity index (χ3n) is 4.45. The van der Waals surface area contributed by atoms with Crippen LogP contribution in [0.25, 0.3) is 5.76 Å². The Labute approximate surface area is 164 Å². The van der Waals surface area contributed by atoms with E-state index in [0.29, 0.717) is 21.9 Å². The topological polar surface area (TPSA) is 96.5 Å². The Morgan fingerprint density at radius 1 is 1.14 bits per heavy atom. The van der Waals surface area contributed by atoms with Crippen LogP contribution in [0.2, 0.25) is 5.02 Å². The van der Waals surface area contributed by atoms with Crippen LogP contribution in [0.1, 0.15) is 22.9 Å². The second kappa shape index (κ2) is 6.94. The van der Waals surface area contributed by atoms with Gasteiger partial charge in [0.1, 0.15) is 11.5 Å². The summed E-state index contributed by atoms with van der Waals surface area (Å²) in [4.78, 5) is 30.9. The number of aliphatic hydroxyl groups excluding tert-OH is 1. The molecule has 1 atom stereocenters. The van der Waals surface area contributed by atoms with Crippen molar-refractivity contribution in [3.63, 3.8) is 0 Å². The van der Waals surface area contributed by atoms with Crippen molar-refractivity contribution in [3.05, 3.63) is 82.3 Å². The number of nitrogens with zero attached hydrogens (tertiary/aromatic N) is 3. The van der Waals surface area contributed by atoms with Crippen LogP contribution in [0.3, 0.4) is 0 Å². The maximum atomic E-state index is 12.9. The molecule has 1 amide bonds. The lowest BCUT2D eigenvalue weighted by Gasteiger charge is -2.22. The summed E-state index contributed by atoms with van der Waals surface area (Å²) in [7, 11) is 0. The molecule has 3 aromatic rings. The first-order valence-electron chi connectivity index (χ1n) is 8.37. The molecule has 140 valence electrons. The van der Waals surface area contributed by atoms with Crippen molar-refractivity contribution < 1.29 is 19.2 Å². The number of hydrogen-bond donors (Lipinski definition) is 1. The summed E-state index contributed by atoms with van der Waals surface area (Å²) in [5.41, 5.74) is 0.933. The van der Waals surface area contributed by atoms with Gasteiger partial charge in [0.15, 0.2) is 5.82 Å². The van der Waals surface area contributed by atoms with Crippen LogP contribution in [0.4, 0.5) is 5.82 Å². The number of aromatic nitrogens is 2. The molecule has 0 radical (unpaired) electrons. The molecule has 1 saturated heterocycles. The van der Waals surface area contributed by atoms with Gasteiger partial charge < -0.3 is 9.63 Å². The van der Waals surface area contributed by atoms with Gasteiger partial charge in [-0.2, -0.15) is 0 Å². The Balaban J connectivity index is 1.93. The van der Waals surface area contributed by atoms with Gasteiger partial charge in [0.25, 0.3) is 5.78 Å². The third kappa shape index (κ3) is 2.95. The Morgan fingerprint density at radius 3 is 2.43 bits per heavy atom. The zero-order valence-electron chi connectivity index (χ0n) is 14.7. The fourth-order valence-electron chi connectivity index (χ4n) is 3.16. The summed E-state index contributed by atoms with van der Waals surface area (Å²) in [5, 5.41) is 15.2. The molecular weight excluding hydrogens is 382 g/mol. The van der Waals surface area contributed by atoms with Crippen molar-refractivity contribution in [1.82, 2.24) is 10.1 Å². The summed E-state index contributed by atoms with van der Waals surface area (Å²) in [6.45, 7) is 1.68. The van der Waals surface area contributed by atoms with Crippen molar-refractivity contribution in [3.8, 4) is 0 Å². The Bertz CT molecular complexity index is 1090. The van der Waals surface area contributed by atoms with E-state index in [1.54, 1.807) is 61.8 Å². The number of aryl methyl sites for hydroxylation is 1. The molecule has 1 N–H and O–H groups in total. The van der Waals surface area contributed by atoms with Crippen molar-refractivity contribution in [2.24, 2.45) is 0 Å². The molecule has 8 heteroatoms. The number of pyridine rings is 1. The largest absolute Gasteiger partial charge is 0.507 e. The van der Waals surface area contributed by atoms with E-state index in [0.717, 1.165) is 0 Å². The Hall–Kier alpha value is -3.45. The van der Waals surface area contributed by atoms with Crippen molar-refractivity contribution in [1.29, 1.82) is 0 Å². The standard InChI is InChI=1S/C20H14ClN3O4/c1-11-10-15(23-28-11)24-17(12-6-8-22-9-7-12)16(19(26)20(24)27)18(25)13-2-4-14(21)5-3-13/h2-10,17,25H,1H3/b18-16+/t17-/m0/s1. The fraction of sp³-hybridized carbons (Fsp3) is 0.100. The van der Waals surface area contributed by atoms with Gasteiger partial charge in [-0.25, -0.2) is 0 Å². The number of halogens is 1. The highest BCUT2D eigenvalue weighted by Gasteiger charge is 2.48. The molecule has 2 aromatic heterocycles. The Morgan fingerprint density at radius 2 is 1.82 bits per heavy atom. The lowest BCUT2D eigenvalue weighted by atomic mass is 9.96. The number of amides is 1. The quantitative estimate of drug-likeness (QED) is 0.413. The number of hydrogen-bond acceptors (Lipinski definition) is 6. The van der Waals surface area contributed by atoms with Crippen molar-refractivity contribution in [2.45, 2.75) is 13.0 Å². The van der Waals surface area contributed by atoms with Gasteiger partial charge in [-0.05, 0) is 48.9 Å². The van der Waals surface area contributed by atoms with Crippen LogP contribution in [0.5, 0.6) is 0 Å². The second-order valence-electron chi connectivity index (χ2n) is 6.25. The minimum atomic E-state index is -0.872. The van der Waals surface area contributed by atoms with Gasteiger partial charge in [-0.1, -0.05) is 16.8 Å². The van der Waals surface area contributed by atoms with E-state index in [2.05, 4.69) is 10.1 Å². The number of carbonyl (C=O) groups excluding carboxylic acids is 2. The van der Waals surface area contributed by atoms with Gasteiger partial charge in [0, 0.05) is 29.0 Å². The van der Waals surface area contributed by atoms with E-state index in [9.17, 15) is 14.7 Å². The molecule has 0 bridgehead atoms. The van der Waals surface area contributed by atoms with Gasteiger partial charge in [0.2, 0.25) is 0 Å².